The van der Waals surface area contributed by atoms with Gasteiger partial charge in [0, 0.05) is 23.8 Å². The van der Waals surface area contributed by atoms with E-state index in [2.05, 4.69) is 15.3 Å². The van der Waals surface area contributed by atoms with Crippen molar-refractivity contribution in [3.05, 3.63) is 81.1 Å². The molecule has 0 atom stereocenters. The van der Waals surface area contributed by atoms with E-state index >= 15 is 0 Å². The zero-order chi connectivity index (χ0) is 19.5. The molecule has 2 heterocycles. The Kier molecular flexibility index (Phi) is 5.08. The Balaban J connectivity index is 1.69. The van der Waals surface area contributed by atoms with Crippen LogP contribution in [-0.2, 0) is 13.0 Å². The highest BCUT2D eigenvalue weighted by molar-refractivity contribution is 6.30. The van der Waals surface area contributed by atoms with Gasteiger partial charge < -0.3 is 10.2 Å². The molecule has 4 rings (SSSR count). The van der Waals surface area contributed by atoms with Gasteiger partial charge in [-0.05, 0) is 42.2 Å². The van der Waals surface area contributed by atoms with Gasteiger partial charge in [-0.2, -0.15) is 0 Å². The number of rotatable bonds is 5. The van der Waals surface area contributed by atoms with Gasteiger partial charge >= 0.3 is 5.69 Å². The summed E-state index contributed by atoms with van der Waals surface area (Å²) >= 11 is 5.91. The Labute approximate surface area is 167 Å². The zero-order valence-electron chi connectivity index (χ0n) is 15.0. The van der Waals surface area contributed by atoms with Crippen molar-refractivity contribution in [2.75, 3.05) is 16.8 Å². The van der Waals surface area contributed by atoms with Crippen LogP contribution < -0.4 is 10.2 Å². The summed E-state index contributed by atoms with van der Waals surface area (Å²) in [6, 6.07) is 15.2. The summed E-state index contributed by atoms with van der Waals surface area (Å²) in [6.07, 6.45) is 3.22. The van der Waals surface area contributed by atoms with Gasteiger partial charge in [-0.15, -0.1) is 0 Å². The molecule has 1 aliphatic rings. The molecule has 0 saturated heterocycles. The second-order valence-electron chi connectivity index (χ2n) is 6.52. The molecule has 0 spiro atoms. The van der Waals surface area contributed by atoms with Gasteiger partial charge in [-0.1, -0.05) is 41.9 Å². The number of hydrogen-bond acceptors (Lipinski definition) is 6. The molecular formula is C20H18ClN5O2. The van der Waals surface area contributed by atoms with Crippen LogP contribution in [0.2, 0.25) is 5.02 Å². The van der Waals surface area contributed by atoms with Crippen LogP contribution in [-0.4, -0.2) is 21.4 Å². The number of benzene rings is 2. The van der Waals surface area contributed by atoms with E-state index in [0.29, 0.717) is 23.9 Å². The van der Waals surface area contributed by atoms with E-state index in [1.165, 1.54) is 6.33 Å². The van der Waals surface area contributed by atoms with Crippen molar-refractivity contribution in [3.8, 4) is 0 Å². The number of nitrogens with zero attached hydrogens (tertiary/aromatic N) is 4. The van der Waals surface area contributed by atoms with Crippen molar-refractivity contribution >= 4 is 34.6 Å². The molecule has 0 bridgehead atoms. The minimum absolute atomic E-state index is 0.117. The lowest BCUT2D eigenvalue weighted by atomic mass is 10.0. The molecule has 0 radical (unpaired) electrons. The molecule has 28 heavy (non-hydrogen) atoms. The van der Waals surface area contributed by atoms with Crippen LogP contribution in [0.4, 0.5) is 23.0 Å². The third-order valence-corrected chi connectivity index (χ3v) is 4.98. The van der Waals surface area contributed by atoms with E-state index < -0.39 is 4.92 Å². The number of para-hydroxylation sites is 1. The first-order valence-electron chi connectivity index (χ1n) is 8.96. The summed E-state index contributed by atoms with van der Waals surface area (Å²) < 4.78 is 0. The second-order valence-corrected chi connectivity index (χ2v) is 6.95. The number of nitro groups is 1. The first kappa shape index (κ1) is 18.2. The number of aryl methyl sites for hydroxylation is 1. The normalized spacial score (nSPS) is 13.1. The Morgan fingerprint density at radius 3 is 2.71 bits per heavy atom. The van der Waals surface area contributed by atoms with E-state index in [4.69, 9.17) is 11.6 Å². The van der Waals surface area contributed by atoms with Gasteiger partial charge in [0.15, 0.2) is 0 Å². The highest BCUT2D eigenvalue weighted by Crippen LogP contribution is 2.39. The average molecular weight is 396 g/mol. The smallest absolute Gasteiger partial charge is 0.353 e. The van der Waals surface area contributed by atoms with E-state index in [1.54, 1.807) is 12.1 Å². The summed E-state index contributed by atoms with van der Waals surface area (Å²) in [5.41, 5.74) is 2.95. The van der Waals surface area contributed by atoms with Gasteiger partial charge in [0.2, 0.25) is 11.6 Å². The average Bonchev–Trinajstić information content (AvgIpc) is 2.72. The SMILES string of the molecule is O=[N+]([O-])c1c(NCc2ccc(Cl)cc2)ncnc1N1CCCc2ccccc21. The molecule has 8 heteroatoms. The summed E-state index contributed by atoms with van der Waals surface area (Å²) in [4.78, 5) is 21.8. The Morgan fingerprint density at radius 1 is 1.14 bits per heavy atom. The molecule has 1 aromatic heterocycles. The van der Waals surface area contributed by atoms with Crippen LogP contribution >= 0.6 is 11.6 Å². The number of anilines is 3. The summed E-state index contributed by atoms with van der Waals surface area (Å²) in [6.45, 7) is 1.07. The van der Waals surface area contributed by atoms with Crippen molar-refractivity contribution in [3.63, 3.8) is 0 Å². The van der Waals surface area contributed by atoms with E-state index in [9.17, 15) is 10.1 Å². The second kappa shape index (κ2) is 7.82. The molecule has 0 aliphatic carbocycles. The Morgan fingerprint density at radius 2 is 1.93 bits per heavy atom. The first-order valence-corrected chi connectivity index (χ1v) is 9.34. The van der Waals surface area contributed by atoms with E-state index in [0.717, 1.165) is 29.7 Å². The fourth-order valence-corrected chi connectivity index (χ4v) is 3.53. The number of halogens is 1. The fraction of sp³-hybridized carbons (Fsp3) is 0.200. The predicted octanol–water partition coefficient (Wildman–Crippen LogP) is 4.73. The Bertz CT molecular complexity index is 1010. The number of fused-ring (bicyclic) bond motifs is 1. The predicted molar refractivity (Wildman–Crippen MR) is 109 cm³/mol. The molecular weight excluding hydrogens is 378 g/mol. The van der Waals surface area contributed by atoms with Crippen LogP contribution in [0.1, 0.15) is 17.5 Å². The lowest BCUT2D eigenvalue weighted by Crippen LogP contribution is -2.26. The Hall–Kier alpha value is -3.19. The molecule has 0 saturated carbocycles. The monoisotopic (exact) mass is 395 g/mol. The number of hydrogen-bond donors (Lipinski definition) is 1. The molecule has 0 unspecified atom stereocenters. The van der Waals surface area contributed by atoms with E-state index in [1.807, 2.05) is 41.3 Å². The maximum atomic E-state index is 11.9. The maximum absolute atomic E-state index is 11.9. The molecule has 142 valence electrons. The van der Waals surface area contributed by atoms with Gasteiger partial charge in [-0.3, -0.25) is 10.1 Å². The van der Waals surface area contributed by atoms with Gasteiger partial charge in [0.05, 0.1) is 4.92 Å². The third-order valence-electron chi connectivity index (χ3n) is 4.72. The van der Waals surface area contributed by atoms with Crippen molar-refractivity contribution < 1.29 is 4.92 Å². The minimum Gasteiger partial charge on any atom is -0.360 e. The summed E-state index contributed by atoms with van der Waals surface area (Å²) in [7, 11) is 0. The highest BCUT2D eigenvalue weighted by Gasteiger charge is 2.30. The molecule has 2 aromatic carbocycles. The highest BCUT2D eigenvalue weighted by atomic mass is 35.5. The molecule has 0 fully saturated rings. The largest absolute Gasteiger partial charge is 0.360 e. The van der Waals surface area contributed by atoms with Crippen LogP contribution in [0.25, 0.3) is 0 Å². The van der Waals surface area contributed by atoms with Crippen LogP contribution in [0.15, 0.2) is 54.9 Å². The van der Waals surface area contributed by atoms with Crippen LogP contribution in [0, 0.1) is 10.1 Å². The first-order chi connectivity index (χ1) is 13.6. The van der Waals surface area contributed by atoms with E-state index in [-0.39, 0.29) is 11.5 Å². The molecule has 7 nitrogen and oxygen atoms in total. The topological polar surface area (TPSA) is 84.2 Å². The number of nitrogens with one attached hydrogen (secondary N) is 1. The van der Waals surface area contributed by atoms with Gasteiger partial charge in [0.1, 0.15) is 6.33 Å². The summed E-state index contributed by atoms with van der Waals surface area (Å²) in [5, 5.41) is 15.6. The van der Waals surface area contributed by atoms with Crippen LogP contribution in [0.5, 0.6) is 0 Å². The minimum atomic E-state index is -0.420. The van der Waals surface area contributed by atoms with Crippen molar-refractivity contribution in [1.82, 2.24) is 9.97 Å². The van der Waals surface area contributed by atoms with Gasteiger partial charge in [-0.25, -0.2) is 9.97 Å². The molecule has 0 amide bonds. The number of aromatic nitrogens is 2. The van der Waals surface area contributed by atoms with Crippen molar-refractivity contribution in [2.24, 2.45) is 0 Å². The molecule has 1 aliphatic heterocycles. The molecule has 3 aromatic rings. The van der Waals surface area contributed by atoms with Crippen molar-refractivity contribution in [2.45, 2.75) is 19.4 Å². The lowest BCUT2D eigenvalue weighted by Gasteiger charge is -2.30. The lowest BCUT2D eigenvalue weighted by molar-refractivity contribution is -0.383. The van der Waals surface area contributed by atoms with Crippen LogP contribution in [0.3, 0.4) is 0 Å². The fourth-order valence-electron chi connectivity index (χ4n) is 3.41. The quantitative estimate of drug-likeness (QED) is 0.496. The molecule has 1 N–H and O–H groups in total. The standard InChI is InChI=1S/C20H18ClN5O2/c21-16-9-7-14(8-10-16)12-22-19-18(26(27)28)20(24-13-23-19)25-11-3-5-15-4-1-2-6-17(15)25/h1-2,4,6-10,13H,3,5,11-12H2,(H,22,23,24). The van der Waals surface area contributed by atoms with Gasteiger partial charge in [0.25, 0.3) is 0 Å². The summed E-state index contributed by atoms with van der Waals surface area (Å²) in [5.74, 6) is 0.513. The zero-order valence-corrected chi connectivity index (χ0v) is 15.8. The van der Waals surface area contributed by atoms with Crippen molar-refractivity contribution in [1.29, 1.82) is 0 Å². The third kappa shape index (κ3) is 3.61. The maximum Gasteiger partial charge on any atom is 0.353 e.